The van der Waals surface area contributed by atoms with E-state index in [4.69, 9.17) is 9.47 Å². The van der Waals surface area contributed by atoms with E-state index in [9.17, 15) is 10.1 Å². The summed E-state index contributed by atoms with van der Waals surface area (Å²) >= 11 is 0. The highest BCUT2D eigenvalue weighted by atomic mass is 16.7. The number of nitro groups is 1. The number of hydrazone groups is 1. The summed E-state index contributed by atoms with van der Waals surface area (Å²) in [6, 6.07) is 11.5. The molecule has 0 spiro atoms. The predicted molar refractivity (Wildman–Crippen MR) is 76.9 cm³/mol. The Morgan fingerprint density at radius 3 is 2.67 bits per heavy atom. The molecular formula is C14H11N3O4. The number of hydrogen-bond acceptors (Lipinski definition) is 6. The van der Waals surface area contributed by atoms with Crippen molar-refractivity contribution in [1.82, 2.24) is 0 Å². The van der Waals surface area contributed by atoms with Crippen molar-refractivity contribution in [3.8, 4) is 11.5 Å². The van der Waals surface area contributed by atoms with Gasteiger partial charge in [0, 0.05) is 12.1 Å². The summed E-state index contributed by atoms with van der Waals surface area (Å²) in [5, 5.41) is 14.6. The van der Waals surface area contributed by atoms with Crippen molar-refractivity contribution in [1.29, 1.82) is 0 Å². The molecule has 3 rings (SSSR count). The summed E-state index contributed by atoms with van der Waals surface area (Å²) in [4.78, 5) is 10.1. The Hall–Kier alpha value is -3.09. The van der Waals surface area contributed by atoms with Crippen molar-refractivity contribution in [2.45, 2.75) is 0 Å². The zero-order valence-electron chi connectivity index (χ0n) is 10.9. The zero-order valence-corrected chi connectivity index (χ0v) is 10.9. The van der Waals surface area contributed by atoms with Gasteiger partial charge in [0.25, 0.3) is 5.69 Å². The SMILES string of the molecule is O=[N+]([O-])c1ccc(N/N=C/c2ccc3c(c2)OCO3)cc1. The van der Waals surface area contributed by atoms with Crippen LogP contribution in [0.4, 0.5) is 11.4 Å². The molecule has 106 valence electrons. The van der Waals surface area contributed by atoms with E-state index in [1.54, 1.807) is 18.3 Å². The highest BCUT2D eigenvalue weighted by Crippen LogP contribution is 2.31. The first-order valence-electron chi connectivity index (χ1n) is 6.15. The molecule has 1 aliphatic rings. The minimum Gasteiger partial charge on any atom is -0.454 e. The Balaban J connectivity index is 1.65. The second-order valence-electron chi connectivity index (χ2n) is 4.29. The summed E-state index contributed by atoms with van der Waals surface area (Å²) in [5.41, 5.74) is 4.36. The number of anilines is 1. The van der Waals surface area contributed by atoms with Crippen LogP contribution in [0.2, 0.25) is 0 Å². The average Bonchev–Trinajstić information content (AvgIpc) is 2.95. The van der Waals surface area contributed by atoms with E-state index in [-0.39, 0.29) is 12.5 Å². The van der Waals surface area contributed by atoms with Crippen LogP contribution in [0.1, 0.15) is 5.56 Å². The largest absolute Gasteiger partial charge is 0.454 e. The van der Waals surface area contributed by atoms with Gasteiger partial charge in [0.15, 0.2) is 11.5 Å². The fourth-order valence-corrected chi connectivity index (χ4v) is 1.83. The quantitative estimate of drug-likeness (QED) is 0.530. The van der Waals surface area contributed by atoms with E-state index in [0.29, 0.717) is 11.4 Å². The van der Waals surface area contributed by atoms with Crippen LogP contribution in [0.3, 0.4) is 0 Å². The Morgan fingerprint density at radius 1 is 1.14 bits per heavy atom. The maximum Gasteiger partial charge on any atom is 0.269 e. The summed E-state index contributed by atoms with van der Waals surface area (Å²) in [6.45, 7) is 0.233. The van der Waals surface area contributed by atoms with Crippen LogP contribution in [-0.2, 0) is 0 Å². The van der Waals surface area contributed by atoms with Gasteiger partial charge in [-0.2, -0.15) is 5.10 Å². The molecule has 21 heavy (non-hydrogen) atoms. The van der Waals surface area contributed by atoms with Crippen molar-refractivity contribution in [2.75, 3.05) is 12.2 Å². The molecule has 0 aliphatic carbocycles. The number of fused-ring (bicyclic) bond motifs is 1. The van der Waals surface area contributed by atoms with Gasteiger partial charge in [-0.05, 0) is 35.9 Å². The fraction of sp³-hybridized carbons (Fsp3) is 0.0714. The first kappa shape index (κ1) is 12.9. The topological polar surface area (TPSA) is 86.0 Å². The van der Waals surface area contributed by atoms with Gasteiger partial charge < -0.3 is 9.47 Å². The molecule has 7 heteroatoms. The van der Waals surface area contributed by atoms with Crippen LogP contribution in [0.15, 0.2) is 47.6 Å². The highest BCUT2D eigenvalue weighted by molar-refractivity contribution is 5.81. The lowest BCUT2D eigenvalue weighted by atomic mass is 10.2. The van der Waals surface area contributed by atoms with Gasteiger partial charge in [0.05, 0.1) is 16.8 Å². The first-order valence-corrected chi connectivity index (χ1v) is 6.15. The van der Waals surface area contributed by atoms with E-state index < -0.39 is 4.92 Å². The van der Waals surface area contributed by atoms with Crippen LogP contribution in [-0.4, -0.2) is 17.9 Å². The van der Waals surface area contributed by atoms with Crippen molar-refractivity contribution in [2.24, 2.45) is 5.10 Å². The second kappa shape index (κ2) is 5.49. The van der Waals surface area contributed by atoms with E-state index in [2.05, 4.69) is 10.5 Å². The Morgan fingerprint density at radius 2 is 1.90 bits per heavy atom. The van der Waals surface area contributed by atoms with E-state index >= 15 is 0 Å². The lowest BCUT2D eigenvalue weighted by Crippen LogP contribution is -1.93. The number of ether oxygens (including phenoxy) is 2. The van der Waals surface area contributed by atoms with Crippen molar-refractivity contribution in [3.05, 3.63) is 58.1 Å². The molecule has 0 unspecified atom stereocenters. The number of hydrogen-bond donors (Lipinski definition) is 1. The van der Waals surface area contributed by atoms with Crippen LogP contribution < -0.4 is 14.9 Å². The number of non-ortho nitro benzene ring substituents is 1. The molecule has 0 amide bonds. The Kier molecular flexibility index (Phi) is 3.38. The maximum atomic E-state index is 10.5. The number of rotatable bonds is 4. The smallest absolute Gasteiger partial charge is 0.269 e. The molecule has 2 aromatic rings. The van der Waals surface area contributed by atoms with Crippen molar-refractivity contribution >= 4 is 17.6 Å². The van der Waals surface area contributed by atoms with E-state index in [1.807, 2.05) is 18.2 Å². The van der Waals surface area contributed by atoms with Gasteiger partial charge in [0.1, 0.15) is 0 Å². The van der Waals surface area contributed by atoms with E-state index in [1.165, 1.54) is 12.1 Å². The van der Waals surface area contributed by atoms with Crippen LogP contribution in [0.5, 0.6) is 11.5 Å². The molecule has 0 bridgehead atoms. The Labute approximate surface area is 120 Å². The minimum atomic E-state index is -0.445. The van der Waals surface area contributed by atoms with Crippen LogP contribution >= 0.6 is 0 Å². The van der Waals surface area contributed by atoms with Gasteiger partial charge >= 0.3 is 0 Å². The number of nitrogens with one attached hydrogen (secondary N) is 1. The minimum absolute atomic E-state index is 0.0419. The summed E-state index contributed by atoms with van der Waals surface area (Å²) < 4.78 is 10.5. The molecule has 0 fully saturated rings. The molecule has 0 saturated carbocycles. The third-order valence-electron chi connectivity index (χ3n) is 2.88. The lowest BCUT2D eigenvalue weighted by Gasteiger charge is -2.00. The molecule has 1 aliphatic heterocycles. The normalized spacial score (nSPS) is 12.6. The number of nitro benzene ring substituents is 1. The number of benzene rings is 2. The van der Waals surface area contributed by atoms with Crippen molar-refractivity contribution < 1.29 is 14.4 Å². The first-order chi connectivity index (χ1) is 10.2. The molecule has 1 N–H and O–H groups in total. The molecular weight excluding hydrogens is 274 g/mol. The summed E-state index contributed by atoms with van der Waals surface area (Å²) in [6.07, 6.45) is 1.63. The van der Waals surface area contributed by atoms with Gasteiger partial charge in [-0.15, -0.1) is 0 Å². The van der Waals surface area contributed by atoms with Crippen LogP contribution in [0, 0.1) is 10.1 Å². The highest BCUT2D eigenvalue weighted by Gasteiger charge is 2.12. The third kappa shape index (κ3) is 2.92. The predicted octanol–water partition coefficient (Wildman–Crippen LogP) is 2.77. The molecule has 0 aromatic heterocycles. The standard InChI is InChI=1S/C14H11N3O4/c18-17(19)12-4-2-11(3-5-12)16-15-8-10-1-6-13-14(7-10)21-9-20-13/h1-8,16H,9H2/b15-8+. The zero-order chi connectivity index (χ0) is 14.7. The Bertz CT molecular complexity index is 698. The van der Waals surface area contributed by atoms with Crippen molar-refractivity contribution in [3.63, 3.8) is 0 Å². The molecule has 0 saturated heterocycles. The molecule has 0 radical (unpaired) electrons. The van der Waals surface area contributed by atoms with Gasteiger partial charge in [0.2, 0.25) is 6.79 Å². The van der Waals surface area contributed by atoms with Crippen LogP contribution in [0.25, 0.3) is 0 Å². The monoisotopic (exact) mass is 285 g/mol. The fourth-order valence-electron chi connectivity index (χ4n) is 1.83. The van der Waals surface area contributed by atoms with Gasteiger partial charge in [-0.3, -0.25) is 15.5 Å². The second-order valence-corrected chi connectivity index (χ2v) is 4.29. The molecule has 2 aromatic carbocycles. The third-order valence-corrected chi connectivity index (χ3v) is 2.88. The number of nitrogens with zero attached hydrogens (tertiary/aromatic N) is 2. The van der Waals surface area contributed by atoms with Gasteiger partial charge in [-0.1, -0.05) is 0 Å². The molecule has 0 atom stereocenters. The average molecular weight is 285 g/mol. The summed E-state index contributed by atoms with van der Waals surface area (Å²) in [7, 11) is 0. The van der Waals surface area contributed by atoms with Gasteiger partial charge in [-0.25, -0.2) is 0 Å². The van der Waals surface area contributed by atoms with E-state index in [0.717, 1.165) is 11.3 Å². The molecule has 7 nitrogen and oxygen atoms in total. The lowest BCUT2D eigenvalue weighted by molar-refractivity contribution is -0.384. The summed E-state index contributed by atoms with van der Waals surface area (Å²) in [5.74, 6) is 1.41. The maximum absolute atomic E-state index is 10.5. The molecule has 1 heterocycles.